The van der Waals surface area contributed by atoms with E-state index in [1.165, 1.54) is 5.56 Å². The molecule has 1 fully saturated rings. The number of piperazine rings is 1. The highest BCUT2D eigenvalue weighted by Gasteiger charge is 2.21. The van der Waals surface area contributed by atoms with Gasteiger partial charge in [0.05, 0.1) is 0 Å². The molecule has 0 bridgehead atoms. The van der Waals surface area contributed by atoms with Crippen molar-refractivity contribution in [3.05, 3.63) is 71.3 Å². The van der Waals surface area contributed by atoms with Crippen LogP contribution in [0.3, 0.4) is 0 Å². The standard InChI is InChI=1S/C22H27N3O2/c1-2-24-13-15-25(16-14-24)22(27)20-10-6-9-19(17-20)21(26)23-12-11-18-7-4-3-5-8-18/h3-10,17H,2,11-16H2,1H3,(H,23,26). The molecule has 1 aliphatic rings. The summed E-state index contributed by atoms with van der Waals surface area (Å²) in [5.41, 5.74) is 2.30. The lowest BCUT2D eigenvalue weighted by molar-refractivity contribution is 0.0643. The average molecular weight is 365 g/mol. The molecule has 0 spiro atoms. The van der Waals surface area contributed by atoms with Gasteiger partial charge in [-0.1, -0.05) is 43.3 Å². The van der Waals surface area contributed by atoms with Crippen molar-refractivity contribution in [2.45, 2.75) is 13.3 Å². The predicted octanol–water partition coefficient (Wildman–Crippen LogP) is 2.44. The second kappa shape index (κ2) is 9.33. The van der Waals surface area contributed by atoms with Gasteiger partial charge in [0.25, 0.3) is 11.8 Å². The molecule has 0 aliphatic carbocycles. The molecule has 2 amide bonds. The number of nitrogens with zero attached hydrogens (tertiary/aromatic N) is 2. The number of carbonyl (C=O) groups is 2. The Morgan fingerprint density at radius 2 is 1.63 bits per heavy atom. The van der Waals surface area contributed by atoms with Crippen molar-refractivity contribution < 1.29 is 9.59 Å². The van der Waals surface area contributed by atoms with Gasteiger partial charge in [-0.15, -0.1) is 0 Å². The fourth-order valence-electron chi connectivity index (χ4n) is 3.31. The predicted molar refractivity (Wildman–Crippen MR) is 107 cm³/mol. The number of rotatable bonds is 6. The van der Waals surface area contributed by atoms with Gasteiger partial charge in [-0.3, -0.25) is 9.59 Å². The van der Waals surface area contributed by atoms with Crippen LogP contribution in [0.15, 0.2) is 54.6 Å². The molecule has 1 saturated heterocycles. The Morgan fingerprint density at radius 1 is 0.926 bits per heavy atom. The molecular formula is C22H27N3O2. The number of benzene rings is 2. The van der Waals surface area contributed by atoms with E-state index in [0.29, 0.717) is 17.7 Å². The molecular weight excluding hydrogens is 338 g/mol. The minimum Gasteiger partial charge on any atom is -0.352 e. The lowest BCUT2D eigenvalue weighted by Gasteiger charge is -2.34. The molecule has 2 aromatic rings. The molecule has 0 aromatic heterocycles. The number of likely N-dealkylation sites (N-methyl/N-ethyl adjacent to an activating group) is 1. The summed E-state index contributed by atoms with van der Waals surface area (Å²) in [6, 6.07) is 17.1. The van der Waals surface area contributed by atoms with Crippen LogP contribution < -0.4 is 5.32 Å². The molecule has 27 heavy (non-hydrogen) atoms. The van der Waals surface area contributed by atoms with Crippen molar-refractivity contribution in [2.24, 2.45) is 0 Å². The summed E-state index contributed by atoms with van der Waals surface area (Å²) in [5.74, 6) is -0.138. The van der Waals surface area contributed by atoms with Gasteiger partial charge in [0.15, 0.2) is 0 Å². The third-order valence-corrected chi connectivity index (χ3v) is 5.02. The lowest BCUT2D eigenvalue weighted by Crippen LogP contribution is -2.48. The molecule has 5 heteroatoms. The normalized spacial score (nSPS) is 14.8. The van der Waals surface area contributed by atoms with Crippen LogP contribution in [-0.4, -0.2) is 60.9 Å². The van der Waals surface area contributed by atoms with E-state index in [1.54, 1.807) is 24.3 Å². The first-order valence-electron chi connectivity index (χ1n) is 9.61. The Balaban J connectivity index is 1.56. The van der Waals surface area contributed by atoms with Crippen LogP contribution in [0.5, 0.6) is 0 Å². The third kappa shape index (κ3) is 5.17. The maximum absolute atomic E-state index is 12.7. The SMILES string of the molecule is CCN1CCN(C(=O)c2cccc(C(=O)NCCc3ccccc3)c2)CC1. The summed E-state index contributed by atoms with van der Waals surface area (Å²) in [6.07, 6.45) is 0.785. The van der Waals surface area contributed by atoms with Crippen molar-refractivity contribution in [3.63, 3.8) is 0 Å². The van der Waals surface area contributed by atoms with Crippen LogP contribution in [0, 0.1) is 0 Å². The number of hydrogen-bond acceptors (Lipinski definition) is 3. The fraction of sp³-hybridized carbons (Fsp3) is 0.364. The molecule has 2 aromatic carbocycles. The minimum atomic E-state index is -0.142. The van der Waals surface area contributed by atoms with Gasteiger partial charge in [0, 0.05) is 43.9 Å². The highest BCUT2D eigenvalue weighted by atomic mass is 16.2. The molecule has 142 valence electrons. The van der Waals surface area contributed by atoms with Crippen LogP contribution in [0.2, 0.25) is 0 Å². The van der Waals surface area contributed by atoms with E-state index in [1.807, 2.05) is 35.2 Å². The minimum absolute atomic E-state index is 0.00434. The average Bonchev–Trinajstić information content (AvgIpc) is 2.74. The van der Waals surface area contributed by atoms with Crippen molar-refractivity contribution >= 4 is 11.8 Å². The molecule has 5 nitrogen and oxygen atoms in total. The van der Waals surface area contributed by atoms with Gasteiger partial charge in [-0.05, 0) is 36.7 Å². The van der Waals surface area contributed by atoms with Crippen molar-refractivity contribution in [1.29, 1.82) is 0 Å². The van der Waals surface area contributed by atoms with Gasteiger partial charge in [-0.2, -0.15) is 0 Å². The van der Waals surface area contributed by atoms with E-state index in [2.05, 4.69) is 17.1 Å². The highest BCUT2D eigenvalue weighted by Crippen LogP contribution is 2.11. The van der Waals surface area contributed by atoms with Crippen molar-refractivity contribution in [1.82, 2.24) is 15.1 Å². The number of nitrogens with one attached hydrogen (secondary N) is 1. The van der Waals surface area contributed by atoms with E-state index in [-0.39, 0.29) is 11.8 Å². The number of hydrogen-bond donors (Lipinski definition) is 1. The van der Waals surface area contributed by atoms with E-state index >= 15 is 0 Å². The van der Waals surface area contributed by atoms with Gasteiger partial charge >= 0.3 is 0 Å². The van der Waals surface area contributed by atoms with Gasteiger partial charge in [0.2, 0.25) is 0 Å². The first-order valence-corrected chi connectivity index (χ1v) is 9.61. The van der Waals surface area contributed by atoms with Crippen molar-refractivity contribution in [2.75, 3.05) is 39.3 Å². The Morgan fingerprint density at radius 3 is 2.33 bits per heavy atom. The van der Waals surface area contributed by atoms with Gasteiger partial charge in [-0.25, -0.2) is 0 Å². The summed E-state index contributed by atoms with van der Waals surface area (Å²) in [7, 11) is 0. The Kier molecular flexibility index (Phi) is 6.60. The Hall–Kier alpha value is -2.66. The van der Waals surface area contributed by atoms with Crippen LogP contribution >= 0.6 is 0 Å². The summed E-state index contributed by atoms with van der Waals surface area (Å²) in [6.45, 7) is 7.00. The maximum atomic E-state index is 12.7. The third-order valence-electron chi connectivity index (χ3n) is 5.02. The second-order valence-corrected chi connectivity index (χ2v) is 6.80. The maximum Gasteiger partial charge on any atom is 0.253 e. The van der Waals surface area contributed by atoms with Crippen LogP contribution in [0.4, 0.5) is 0 Å². The quantitative estimate of drug-likeness (QED) is 0.855. The van der Waals surface area contributed by atoms with E-state index in [9.17, 15) is 9.59 Å². The summed E-state index contributed by atoms with van der Waals surface area (Å²) >= 11 is 0. The first-order chi connectivity index (χ1) is 13.2. The summed E-state index contributed by atoms with van der Waals surface area (Å²) < 4.78 is 0. The molecule has 1 heterocycles. The van der Waals surface area contributed by atoms with Crippen LogP contribution in [0.1, 0.15) is 33.2 Å². The molecule has 0 radical (unpaired) electrons. The van der Waals surface area contributed by atoms with Gasteiger partial charge in [0.1, 0.15) is 0 Å². The smallest absolute Gasteiger partial charge is 0.253 e. The monoisotopic (exact) mass is 365 g/mol. The fourth-order valence-corrected chi connectivity index (χ4v) is 3.31. The van der Waals surface area contributed by atoms with E-state index < -0.39 is 0 Å². The second-order valence-electron chi connectivity index (χ2n) is 6.80. The first kappa shape index (κ1) is 19.1. The molecule has 1 aliphatic heterocycles. The summed E-state index contributed by atoms with van der Waals surface area (Å²) in [4.78, 5) is 29.4. The zero-order valence-electron chi connectivity index (χ0n) is 15.9. The Bertz CT molecular complexity index is 768. The molecule has 0 saturated carbocycles. The zero-order chi connectivity index (χ0) is 19.1. The molecule has 0 unspecified atom stereocenters. The Labute approximate surface area is 161 Å². The number of carbonyl (C=O) groups excluding carboxylic acids is 2. The summed E-state index contributed by atoms with van der Waals surface area (Å²) in [5, 5.41) is 2.94. The van der Waals surface area contributed by atoms with E-state index in [0.717, 1.165) is 39.1 Å². The van der Waals surface area contributed by atoms with Gasteiger partial charge < -0.3 is 15.1 Å². The van der Waals surface area contributed by atoms with Crippen LogP contribution in [-0.2, 0) is 6.42 Å². The van der Waals surface area contributed by atoms with E-state index in [4.69, 9.17) is 0 Å². The molecule has 3 rings (SSSR count). The largest absolute Gasteiger partial charge is 0.352 e. The lowest BCUT2D eigenvalue weighted by atomic mass is 10.1. The highest BCUT2D eigenvalue weighted by molar-refractivity contribution is 5.99. The zero-order valence-corrected chi connectivity index (χ0v) is 15.9. The topological polar surface area (TPSA) is 52.7 Å². The molecule has 1 N–H and O–H groups in total. The van der Waals surface area contributed by atoms with Crippen molar-refractivity contribution in [3.8, 4) is 0 Å². The number of amides is 2. The molecule has 0 atom stereocenters. The van der Waals surface area contributed by atoms with Crippen LogP contribution in [0.25, 0.3) is 0 Å².